The van der Waals surface area contributed by atoms with E-state index in [9.17, 15) is 9.90 Å². The highest BCUT2D eigenvalue weighted by Crippen LogP contribution is 2.26. The molecule has 1 aromatic carbocycles. The molecule has 2 unspecified atom stereocenters. The molecule has 1 rings (SSSR count). The number of hydrogen-bond acceptors (Lipinski definition) is 4. The first kappa shape index (κ1) is 14.5. The van der Waals surface area contributed by atoms with Crippen molar-refractivity contribution < 1.29 is 14.6 Å². The molecule has 4 nitrogen and oxygen atoms in total. The topological polar surface area (TPSA) is 58.6 Å². The molecule has 0 aliphatic heterocycles. The van der Waals surface area contributed by atoms with Crippen molar-refractivity contribution in [2.45, 2.75) is 39.3 Å². The molecule has 2 atom stereocenters. The maximum atomic E-state index is 11.6. The molecule has 4 heteroatoms. The van der Waals surface area contributed by atoms with E-state index in [0.29, 0.717) is 6.61 Å². The van der Waals surface area contributed by atoms with Crippen LogP contribution >= 0.6 is 0 Å². The van der Waals surface area contributed by atoms with Gasteiger partial charge in [0.2, 0.25) is 0 Å². The van der Waals surface area contributed by atoms with Gasteiger partial charge in [0.1, 0.15) is 11.8 Å². The summed E-state index contributed by atoms with van der Waals surface area (Å²) in [6, 6.07) is 6.69. The summed E-state index contributed by atoms with van der Waals surface area (Å²) >= 11 is 0. The number of carbonyl (C=O) groups is 1. The Morgan fingerprint density at radius 1 is 1.39 bits per heavy atom. The Morgan fingerprint density at radius 3 is 2.61 bits per heavy atom. The van der Waals surface area contributed by atoms with Crippen LogP contribution in [0.2, 0.25) is 0 Å². The highest BCUT2D eigenvalue weighted by molar-refractivity contribution is 5.75. The number of phenols is 1. The van der Waals surface area contributed by atoms with Crippen molar-refractivity contribution in [3.8, 4) is 5.75 Å². The van der Waals surface area contributed by atoms with Gasteiger partial charge in [-0.05, 0) is 26.3 Å². The molecular formula is C14H21NO3. The third-order valence-corrected chi connectivity index (χ3v) is 2.81. The zero-order valence-electron chi connectivity index (χ0n) is 11.1. The van der Waals surface area contributed by atoms with E-state index in [1.807, 2.05) is 19.1 Å². The van der Waals surface area contributed by atoms with Crippen molar-refractivity contribution in [3.05, 3.63) is 29.8 Å². The number of hydrogen-bond donors (Lipinski definition) is 2. The Balaban J connectivity index is 2.74. The lowest BCUT2D eigenvalue weighted by Gasteiger charge is -2.22. The molecule has 0 radical (unpaired) electrons. The maximum absolute atomic E-state index is 11.6. The summed E-state index contributed by atoms with van der Waals surface area (Å²) in [5, 5.41) is 13.0. The highest BCUT2D eigenvalue weighted by atomic mass is 16.5. The van der Waals surface area contributed by atoms with E-state index in [4.69, 9.17) is 4.74 Å². The van der Waals surface area contributed by atoms with Gasteiger partial charge in [-0.15, -0.1) is 0 Å². The molecule has 0 aliphatic rings. The third kappa shape index (κ3) is 3.74. The first-order valence-corrected chi connectivity index (χ1v) is 6.30. The summed E-state index contributed by atoms with van der Waals surface area (Å²) in [5.74, 6) is -0.0284. The summed E-state index contributed by atoms with van der Waals surface area (Å²) in [5.41, 5.74) is 0.802. The molecule has 0 saturated carbocycles. The standard InChI is InChI=1S/C14H21NO3/c1-4-12(11-8-6-7-9-13(11)16)15-10(3)14(17)18-5-2/h6-10,12,15-16H,4-5H2,1-3H3. The number of carbonyl (C=O) groups excluding carboxylic acids is 1. The van der Waals surface area contributed by atoms with E-state index in [-0.39, 0.29) is 17.8 Å². The Labute approximate surface area is 108 Å². The minimum absolute atomic E-state index is 0.0643. The van der Waals surface area contributed by atoms with Crippen LogP contribution in [0.3, 0.4) is 0 Å². The van der Waals surface area contributed by atoms with Crippen LogP contribution in [0.4, 0.5) is 0 Å². The lowest BCUT2D eigenvalue weighted by Crippen LogP contribution is -2.37. The van der Waals surface area contributed by atoms with Crippen molar-refractivity contribution in [2.75, 3.05) is 6.61 Å². The van der Waals surface area contributed by atoms with Gasteiger partial charge in [0.25, 0.3) is 0 Å². The summed E-state index contributed by atoms with van der Waals surface area (Å²) in [6.45, 7) is 5.92. The van der Waals surface area contributed by atoms with Crippen molar-refractivity contribution >= 4 is 5.97 Å². The number of phenolic OH excluding ortho intramolecular Hbond substituents is 1. The second-order valence-electron chi connectivity index (χ2n) is 4.16. The number of rotatable bonds is 6. The van der Waals surface area contributed by atoms with E-state index in [1.54, 1.807) is 26.0 Å². The summed E-state index contributed by atoms with van der Waals surface area (Å²) in [6.07, 6.45) is 0.779. The van der Waals surface area contributed by atoms with E-state index in [0.717, 1.165) is 12.0 Å². The third-order valence-electron chi connectivity index (χ3n) is 2.81. The van der Waals surface area contributed by atoms with Gasteiger partial charge < -0.3 is 9.84 Å². The largest absolute Gasteiger partial charge is 0.508 e. The molecule has 0 bridgehead atoms. The predicted octanol–water partition coefficient (Wildman–Crippen LogP) is 2.38. The highest BCUT2D eigenvalue weighted by Gasteiger charge is 2.20. The molecule has 0 amide bonds. The van der Waals surface area contributed by atoms with Crippen LogP contribution in [0.5, 0.6) is 5.75 Å². The molecule has 2 N–H and O–H groups in total. The molecule has 18 heavy (non-hydrogen) atoms. The summed E-state index contributed by atoms with van der Waals surface area (Å²) in [4.78, 5) is 11.6. The van der Waals surface area contributed by atoms with Gasteiger partial charge in [0, 0.05) is 11.6 Å². The Hall–Kier alpha value is -1.55. The van der Waals surface area contributed by atoms with E-state index in [2.05, 4.69) is 5.32 Å². The van der Waals surface area contributed by atoms with Gasteiger partial charge in [-0.25, -0.2) is 0 Å². The van der Waals surface area contributed by atoms with Crippen molar-refractivity contribution in [1.82, 2.24) is 5.32 Å². The van der Waals surface area contributed by atoms with Crippen LogP contribution in [-0.2, 0) is 9.53 Å². The molecule has 0 aromatic heterocycles. The number of nitrogens with one attached hydrogen (secondary N) is 1. The van der Waals surface area contributed by atoms with Gasteiger partial charge in [-0.3, -0.25) is 10.1 Å². The quantitative estimate of drug-likeness (QED) is 0.762. The van der Waals surface area contributed by atoms with Crippen LogP contribution in [0, 0.1) is 0 Å². The van der Waals surface area contributed by atoms with Crippen molar-refractivity contribution in [2.24, 2.45) is 0 Å². The van der Waals surface area contributed by atoms with E-state index < -0.39 is 6.04 Å². The normalized spacial score (nSPS) is 13.9. The van der Waals surface area contributed by atoms with Crippen LogP contribution < -0.4 is 5.32 Å². The van der Waals surface area contributed by atoms with Gasteiger partial charge in [-0.1, -0.05) is 25.1 Å². The first-order chi connectivity index (χ1) is 8.60. The molecule has 0 fully saturated rings. The molecule has 0 heterocycles. The minimum atomic E-state index is -0.394. The monoisotopic (exact) mass is 251 g/mol. The second-order valence-corrected chi connectivity index (χ2v) is 4.16. The smallest absolute Gasteiger partial charge is 0.322 e. The Morgan fingerprint density at radius 2 is 2.06 bits per heavy atom. The minimum Gasteiger partial charge on any atom is -0.508 e. The van der Waals surface area contributed by atoms with Crippen molar-refractivity contribution in [3.63, 3.8) is 0 Å². The molecule has 1 aromatic rings. The Kier molecular flexibility index (Phi) is 5.65. The lowest BCUT2D eigenvalue weighted by molar-refractivity contribution is -0.145. The van der Waals surface area contributed by atoms with E-state index in [1.165, 1.54) is 0 Å². The average Bonchev–Trinajstić information content (AvgIpc) is 2.37. The number of ether oxygens (including phenoxy) is 1. The second kappa shape index (κ2) is 7.01. The lowest BCUT2D eigenvalue weighted by atomic mass is 10.0. The zero-order chi connectivity index (χ0) is 13.5. The van der Waals surface area contributed by atoms with Gasteiger partial charge in [-0.2, -0.15) is 0 Å². The fourth-order valence-electron chi connectivity index (χ4n) is 1.85. The van der Waals surface area contributed by atoms with Crippen LogP contribution in [-0.4, -0.2) is 23.7 Å². The molecule has 100 valence electrons. The molecule has 0 spiro atoms. The molecular weight excluding hydrogens is 230 g/mol. The number of esters is 1. The van der Waals surface area contributed by atoms with Crippen LogP contribution in [0.1, 0.15) is 38.8 Å². The molecule has 0 saturated heterocycles. The number of benzene rings is 1. The van der Waals surface area contributed by atoms with Gasteiger partial charge in [0.05, 0.1) is 6.61 Å². The fraction of sp³-hybridized carbons (Fsp3) is 0.500. The molecule has 0 aliphatic carbocycles. The average molecular weight is 251 g/mol. The SMILES string of the molecule is CCOC(=O)C(C)NC(CC)c1ccccc1O. The van der Waals surface area contributed by atoms with Crippen LogP contribution in [0.25, 0.3) is 0 Å². The van der Waals surface area contributed by atoms with Gasteiger partial charge in [0.15, 0.2) is 0 Å². The Bertz CT molecular complexity index is 392. The number of aromatic hydroxyl groups is 1. The predicted molar refractivity (Wildman–Crippen MR) is 70.4 cm³/mol. The summed E-state index contributed by atoms with van der Waals surface area (Å²) in [7, 11) is 0. The van der Waals surface area contributed by atoms with Crippen LogP contribution in [0.15, 0.2) is 24.3 Å². The first-order valence-electron chi connectivity index (χ1n) is 6.30. The van der Waals surface area contributed by atoms with Crippen molar-refractivity contribution in [1.29, 1.82) is 0 Å². The maximum Gasteiger partial charge on any atom is 0.322 e. The number of para-hydroxylation sites is 1. The van der Waals surface area contributed by atoms with E-state index >= 15 is 0 Å². The zero-order valence-corrected chi connectivity index (χ0v) is 11.1. The summed E-state index contributed by atoms with van der Waals surface area (Å²) < 4.78 is 4.95. The van der Waals surface area contributed by atoms with Gasteiger partial charge >= 0.3 is 5.97 Å². The fourth-order valence-corrected chi connectivity index (χ4v) is 1.85.